The lowest BCUT2D eigenvalue weighted by molar-refractivity contribution is -0.138. The maximum Gasteiger partial charge on any atom is 0.417 e. The van der Waals surface area contributed by atoms with Gasteiger partial charge in [-0.1, -0.05) is 41.4 Å². The quantitative estimate of drug-likeness (QED) is 0.771. The van der Waals surface area contributed by atoms with Gasteiger partial charge in [0, 0.05) is 31.9 Å². The normalized spacial score (nSPS) is 15.9. The fourth-order valence-electron chi connectivity index (χ4n) is 3.60. The number of aromatic nitrogens is 1. The van der Waals surface area contributed by atoms with Gasteiger partial charge in [0.1, 0.15) is 11.6 Å². The van der Waals surface area contributed by atoms with E-state index in [1.165, 1.54) is 11.1 Å². The van der Waals surface area contributed by atoms with Gasteiger partial charge in [-0.2, -0.15) is 13.2 Å². The van der Waals surface area contributed by atoms with Crippen molar-refractivity contribution in [3.05, 3.63) is 68.6 Å². The minimum Gasteiger partial charge on any atom is -0.352 e. The van der Waals surface area contributed by atoms with Gasteiger partial charge < -0.3 is 9.88 Å². The molecule has 0 spiro atoms. The zero-order chi connectivity index (χ0) is 21.9. The molecule has 0 bridgehead atoms. The van der Waals surface area contributed by atoms with Crippen molar-refractivity contribution < 1.29 is 18.0 Å². The summed E-state index contributed by atoms with van der Waals surface area (Å²) < 4.78 is 39.5. The van der Waals surface area contributed by atoms with Crippen molar-refractivity contribution in [2.24, 2.45) is 0 Å². The first-order valence-electron chi connectivity index (χ1n) is 9.66. The Bertz CT molecular complexity index is 967. The Morgan fingerprint density at radius 1 is 1.23 bits per heavy atom. The van der Waals surface area contributed by atoms with Crippen LogP contribution in [0.4, 0.5) is 13.2 Å². The number of piperidine rings is 1. The van der Waals surface area contributed by atoms with Gasteiger partial charge in [0.15, 0.2) is 0 Å². The fourth-order valence-corrected chi connectivity index (χ4v) is 3.83. The van der Waals surface area contributed by atoms with Crippen LogP contribution in [0.1, 0.15) is 29.5 Å². The third-order valence-electron chi connectivity index (χ3n) is 5.12. The van der Waals surface area contributed by atoms with Gasteiger partial charge >= 0.3 is 6.18 Å². The van der Waals surface area contributed by atoms with Gasteiger partial charge in [0.05, 0.1) is 5.56 Å². The number of alkyl halides is 3. The minimum absolute atomic E-state index is 0.0803. The summed E-state index contributed by atoms with van der Waals surface area (Å²) in [6.45, 7) is 3.98. The molecule has 1 amide bonds. The van der Waals surface area contributed by atoms with Crippen LogP contribution in [0.2, 0.25) is 5.02 Å². The highest BCUT2D eigenvalue weighted by atomic mass is 35.5. The predicted octanol–water partition coefficient (Wildman–Crippen LogP) is 3.61. The molecular formula is C21H23ClF3N3O2. The van der Waals surface area contributed by atoms with E-state index in [2.05, 4.69) is 22.3 Å². The second-order valence-electron chi connectivity index (χ2n) is 7.61. The summed E-state index contributed by atoms with van der Waals surface area (Å²) in [4.78, 5) is 26.6. The molecule has 3 rings (SSSR count). The van der Waals surface area contributed by atoms with Crippen LogP contribution >= 0.6 is 11.6 Å². The number of aryl methyl sites for hydroxylation is 1. The maximum atomic E-state index is 12.9. The van der Waals surface area contributed by atoms with E-state index in [0.717, 1.165) is 32.5 Å². The smallest absolute Gasteiger partial charge is 0.352 e. The Balaban J connectivity index is 1.54. The summed E-state index contributed by atoms with van der Waals surface area (Å²) in [5.74, 6) is -0.510. The largest absolute Gasteiger partial charge is 0.417 e. The molecule has 0 unspecified atom stereocenters. The topological polar surface area (TPSA) is 54.3 Å². The third kappa shape index (κ3) is 5.86. The molecule has 1 saturated heterocycles. The van der Waals surface area contributed by atoms with Crippen molar-refractivity contribution in [3.8, 4) is 0 Å². The first-order chi connectivity index (χ1) is 14.1. The van der Waals surface area contributed by atoms with Crippen LogP contribution in [0.25, 0.3) is 0 Å². The average Bonchev–Trinajstić information content (AvgIpc) is 2.66. The number of carbonyl (C=O) groups is 1. The van der Waals surface area contributed by atoms with Crippen molar-refractivity contribution in [2.45, 2.75) is 45.1 Å². The Morgan fingerprint density at radius 3 is 2.57 bits per heavy atom. The van der Waals surface area contributed by atoms with E-state index in [9.17, 15) is 22.8 Å². The summed E-state index contributed by atoms with van der Waals surface area (Å²) in [6, 6.07) is 8.80. The van der Waals surface area contributed by atoms with Crippen LogP contribution in [0.5, 0.6) is 0 Å². The lowest BCUT2D eigenvalue weighted by Crippen LogP contribution is -2.45. The zero-order valence-corrected chi connectivity index (χ0v) is 17.3. The molecule has 1 aromatic carbocycles. The summed E-state index contributed by atoms with van der Waals surface area (Å²) in [5, 5.41) is 2.25. The SMILES string of the molecule is Cc1cccc(CN2CCC(NC(=O)Cn3cc(C(F)(F)F)cc(Cl)c3=O)CC2)c1. The van der Waals surface area contributed by atoms with Gasteiger partial charge in [-0.05, 0) is 31.4 Å². The van der Waals surface area contributed by atoms with Crippen LogP contribution in [-0.4, -0.2) is 34.5 Å². The first-order valence-corrected chi connectivity index (χ1v) is 10.0. The molecule has 1 fully saturated rings. The minimum atomic E-state index is -4.65. The average molecular weight is 442 g/mol. The van der Waals surface area contributed by atoms with Crippen LogP contribution in [0.3, 0.4) is 0 Å². The van der Waals surface area contributed by atoms with Crippen LogP contribution in [-0.2, 0) is 24.1 Å². The number of benzene rings is 1. The molecule has 0 saturated carbocycles. The number of likely N-dealkylation sites (tertiary alicyclic amines) is 1. The van der Waals surface area contributed by atoms with Gasteiger partial charge in [0.25, 0.3) is 5.56 Å². The summed E-state index contributed by atoms with van der Waals surface area (Å²) in [7, 11) is 0. The van der Waals surface area contributed by atoms with E-state index in [4.69, 9.17) is 11.6 Å². The van der Waals surface area contributed by atoms with Gasteiger partial charge in [0.2, 0.25) is 5.91 Å². The lowest BCUT2D eigenvalue weighted by atomic mass is 10.0. The van der Waals surface area contributed by atoms with E-state index >= 15 is 0 Å². The van der Waals surface area contributed by atoms with Crippen LogP contribution in [0, 0.1) is 6.92 Å². The Labute approximate surface area is 177 Å². The van der Waals surface area contributed by atoms with Crippen molar-refractivity contribution in [1.82, 2.24) is 14.8 Å². The van der Waals surface area contributed by atoms with Crippen molar-refractivity contribution in [2.75, 3.05) is 13.1 Å². The zero-order valence-electron chi connectivity index (χ0n) is 16.5. The Morgan fingerprint density at radius 2 is 1.93 bits per heavy atom. The van der Waals surface area contributed by atoms with Crippen LogP contribution < -0.4 is 10.9 Å². The molecule has 1 N–H and O–H groups in total. The van der Waals surface area contributed by atoms with Gasteiger partial charge in [-0.25, -0.2) is 0 Å². The maximum absolute atomic E-state index is 12.9. The van der Waals surface area contributed by atoms with Crippen LogP contribution in [0.15, 0.2) is 41.3 Å². The monoisotopic (exact) mass is 441 g/mol. The number of hydrogen-bond acceptors (Lipinski definition) is 3. The standard InChI is InChI=1S/C21H23ClF3N3O2/c1-14-3-2-4-15(9-14)11-27-7-5-17(6-8-27)26-19(29)13-28-12-16(21(23,24)25)10-18(22)20(28)30/h2-4,9-10,12,17H,5-8,11,13H2,1H3,(H,26,29). The summed E-state index contributed by atoms with van der Waals surface area (Å²) in [6.07, 6.45) is -2.57. The molecule has 1 aromatic heterocycles. The molecule has 1 aliphatic heterocycles. The Hall–Kier alpha value is -2.32. The first kappa shape index (κ1) is 22.4. The van der Waals surface area contributed by atoms with Gasteiger partial charge in [-0.3, -0.25) is 14.5 Å². The molecule has 162 valence electrons. The second-order valence-corrected chi connectivity index (χ2v) is 8.02. The molecule has 2 aromatic rings. The predicted molar refractivity (Wildman–Crippen MR) is 108 cm³/mol. The van der Waals surface area contributed by atoms with E-state index in [1.807, 2.05) is 19.1 Å². The lowest BCUT2D eigenvalue weighted by Gasteiger charge is -2.32. The van der Waals surface area contributed by atoms with E-state index in [0.29, 0.717) is 16.8 Å². The fraction of sp³-hybridized carbons (Fsp3) is 0.429. The number of amides is 1. The van der Waals surface area contributed by atoms with E-state index < -0.39 is 34.8 Å². The third-order valence-corrected chi connectivity index (χ3v) is 5.40. The van der Waals surface area contributed by atoms with Crippen molar-refractivity contribution >= 4 is 17.5 Å². The molecule has 2 heterocycles. The molecule has 9 heteroatoms. The summed E-state index contributed by atoms with van der Waals surface area (Å²) in [5.41, 5.74) is 0.551. The highest BCUT2D eigenvalue weighted by Gasteiger charge is 2.32. The number of hydrogen-bond donors (Lipinski definition) is 1. The highest BCUT2D eigenvalue weighted by Crippen LogP contribution is 2.29. The number of carbonyl (C=O) groups excluding carboxylic acids is 1. The number of rotatable bonds is 5. The molecule has 0 radical (unpaired) electrons. The number of halogens is 4. The molecule has 5 nitrogen and oxygen atoms in total. The Kier molecular flexibility index (Phi) is 6.88. The number of pyridine rings is 1. The molecular weight excluding hydrogens is 419 g/mol. The highest BCUT2D eigenvalue weighted by molar-refractivity contribution is 6.30. The molecule has 0 atom stereocenters. The molecule has 0 aliphatic carbocycles. The van der Waals surface area contributed by atoms with Crippen molar-refractivity contribution in [3.63, 3.8) is 0 Å². The number of nitrogens with zero attached hydrogens (tertiary/aromatic N) is 2. The summed E-state index contributed by atoms with van der Waals surface area (Å²) >= 11 is 5.62. The number of nitrogens with one attached hydrogen (secondary N) is 1. The van der Waals surface area contributed by atoms with Crippen molar-refractivity contribution in [1.29, 1.82) is 0 Å². The molecule has 1 aliphatic rings. The van der Waals surface area contributed by atoms with E-state index in [-0.39, 0.29) is 6.04 Å². The second kappa shape index (κ2) is 9.22. The van der Waals surface area contributed by atoms with E-state index in [1.54, 1.807) is 0 Å². The molecule has 30 heavy (non-hydrogen) atoms. The van der Waals surface area contributed by atoms with Gasteiger partial charge in [-0.15, -0.1) is 0 Å².